The molecule has 6 heteroatoms. The highest BCUT2D eigenvalue weighted by atomic mass is 19.1. The van der Waals surface area contributed by atoms with E-state index in [0.717, 1.165) is 19.3 Å². The van der Waals surface area contributed by atoms with E-state index in [1.54, 1.807) is 6.07 Å². The fourth-order valence-corrected chi connectivity index (χ4v) is 2.61. The van der Waals surface area contributed by atoms with Crippen LogP contribution in [0.15, 0.2) is 18.2 Å². The average molecular weight is 296 g/mol. The van der Waals surface area contributed by atoms with Crippen molar-refractivity contribution in [3.8, 4) is 5.75 Å². The number of carbonyl (C=O) groups is 1. The maximum atomic E-state index is 13.3. The molecule has 0 aromatic heterocycles. The van der Waals surface area contributed by atoms with E-state index in [-0.39, 0.29) is 12.1 Å². The number of aliphatic hydroxyl groups is 1. The fraction of sp³-hybridized carbons (Fsp3) is 0.533. The zero-order valence-electron chi connectivity index (χ0n) is 12.1. The van der Waals surface area contributed by atoms with Crippen molar-refractivity contribution in [1.29, 1.82) is 0 Å². The minimum atomic E-state index is -0.472. The Labute approximate surface area is 123 Å². The topological polar surface area (TPSA) is 70.6 Å². The van der Waals surface area contributed by atoms with Crippen LogP contribution < -0.4 is 15.4 Å². The molecule has 0 saturated heterocycles. The van der Waals surface area contributed by atoms with E-state index in [4.69, 9.17) is 4.74 Å². The molecule has 0 spiro atoms. The Balaban J connectivity index is 1.82. The summed E-state index contributed by atoms with van der Waals surface area (Å²) in [5, 5.41) is 14.9. The van der Waals surface area contributed by atoms with Gasteiger partial charge < -0.3 is 20.5 Å². The second-order valence-corrected chi connectivity index (χ2v) is 5.40. The Hall–Kier alpha value is -1.82. The first kappa shape index (κ1) is 15.6. The van der Waals surface area contributed by atoms with Crippen LogP contribution in [0.25, 0.3) is 0 Å². The van der Waals surface area contributed by atoms with E-state index in [2.05, 4.69) is 10.6 Å². The lowest BCUT2D eigenvalue weighted by atomic mass is 9.87. The lowest BCUT2D eigenvalue weighted by Gasteiger charge is -2.25. The van der Waals surface area contributed by atoms with Gasteiger partial charge in [0.1, 0.15) is 11.6 Å². The molecule has 3 N–H and O–H groups in total. The van der Waals surface area contributed by atoms with Crippen LogP contribution in [0.5, 0.6) is 5.75 Å². The Kier molecular flexibility index (Phi) is 5.38. The van der Waals surface area contributed by atoms with E-state index < -0.39 is 5.82 Å². The number of nitrogens with one attached hydrogen (secondary N) is 2. The highest BCUT2D eigenvalue weighted by Gasteiger charge is 2.20. The van der Waals surface area contributed by atoms with Crippen LogP contribution >= 0.6 is 0 Å². The number of carbonyl (C=O) groups excluding carboxylic acids is 1. The van der Waals surface area contributed by atoms with Crippen molar-refractivity contribution in [2.24, 2.45) is 5.92 Å². The molecule has 0 aliphatic heterocycles. The van der Waals surface area contributed by atoms with Crippen LogP contribution in [0.3, 0.4) is 0 Å². The normalized spacial score (nSPS) is 21.7. The van der Waals surface area contributed by atoms with Gasteiger partial charge in [0.15, 0.2) is 0 Å². The number of rotatable bonds is 4. The van der Waals surface area contributed by atoms with Crippen LogP contribution in [0.2, 0.25) is 0 Å². The van der Waals surface area contributed by atoms with Gasteiger partial charge in [-0.15, -0.1) is 0 Å². The molecule has 1 aromatic rings. The molecule has 1 fully saturated rings. The van der Waals surface area contributed by atoms with Crippen LogP contribution in [0, 0.1) is 11.7 Å². The molecule has 2 amide bonds. The molecule has 21 heavy (non-hydrogen) atoms. The first-order valence-corrected chi connectivity index (χ1v) is 7.14. The van der Waals surface area contributed by atoms with Gasteiger partial charge in [0.25, 0.3) is 0 Å². The number of methoxy groups -OCH3 is 1. The minimum absolute atomic E-state index is 0.263. The van der Waals surface area contributed by atoms with Gasteiger partial charge in [-0.3, -0.25) is 0 Å². The predicted octanol–water partition coefficient (Wildman–Crippen LogP) is 2.51. The Morgan fingerprint density at radius 2 is 2.24 bits per heavy atom. The molecule has 116 valence electrons. The fourth-order valence-electron chi connectivity index (χ4n) is 2.61. The molecule has 0 heterocycles. The molecular weight excluding hydrogens is 275 g/mol. The third-order valence-electron chi connectivity index (χ3n) is 3.67. The number of aliphatic hydroxyl groups excluding tert-OH is 1. The van der Waals surface area contributed by atoms with Crippen molar-refractivity contribution >= 4 is 11.7 Å². The third-order valence-corrected chi connectivity index (χ3v) is 3.67. The van der Waals surface area contributed by atoms with Gasteiger partial charge in [-0.2, -0.15) is 0 Å². The summed E-state index contributed by atoms with van der Waals surface area (Å²) in [5.41, 5.74) is 0.341. The van der Waals surface area contributed by atoms with Gasteiger partial charge in [-0.1, -0.05) is 6.42 Å². The molecule has 1 aliphatic carbocycles. The zero-order valence-corrected chi connectivity index (χ0v) is 12.1. The smallest absolute Gasteiger partial charge is 0.319 e. The molecule has 1 aromatic carbocycles. The van der Waals surface area contributed by atoms with Crippen molar-refractivity contribution in [1.82, 2.24) is 5.32 Å². The summed E-state index contributed by atoms with van der Waals surface area (Å²) >= 11 is 0. The average Bonchev–Trinajstić information content (AvgIpc) is 2.44. The number of ether oxygens (including phenoxy) is 1. The largest absolute Gasteiger partial charge is 0.497 e. The van der Waals surface area contributed by atoms with Crippen LogP contribution in [-0.4, -0.2) is 30.9 Å². The molecule has 2 unspecified atom stereocenters. The SMILES string of the molecule is COc1cc(F)cc(NC(=O)NCC2CCCC(O)C2)c1. The first-order valence-electron chi connectivity index (χ1n) is 7.14. The molecule has 0 bridgehead atoms. The monoisotopic (exact) mass is 296 g/mol. The maximum Gasteiger partial charge on any atom is 0.319 e. The lowest BCUT2D eigenvalue weighted by molar-refractivity contribution is 0.101. The Morgan fingerprint density at radius 3 is 2.95 bits per heavy atom. The summed E-state index contributed by atoms with van der Waals surface area (Å²) in [7, 11) is 1.44. The van der Waals surface area contributed by atoms with Gasteiger partial charge in [0.05, 0.1) is 13.2 Å². The van der Waals surface area contributed by atoms with Gasteiger partial charge in [0.2, 0.25) is 0 Å². The summed E-state index contributed by atoms with van der Waals surface area (Å²) in [4.78, 5) is 11.8. The second kappa shape index (κ2) is 7.26. The maximum absolute atomic E-state index is 13.3. The van der Waals surface area contributed by atoms with Crippen molar-refractivity contribution in [2.45, 2.75) is 31.8 Å². The van der Waals surface area contributed by atoms with Gasteiger partial charge in [-0.05, 0) is 31.2 Å². The number of hydrogen-bond acceptors (Lipinski definition) is 3. The van der Waals surface area contributed by atoms with Crippen molar-refractivity contribution in [2.75, 3.05) is 19.0 Å². The molecule has 2 rings (SSSR count). The van der Waals surface area contributed by atoms with Crippen LogP contribution in [0.4, 0.5) is 14.9 Å². The quantitative estimate of drug-likeness (QED) is 0.799. The first-order chi connectivity index (χ1) is 10.1. The van der Waals surface area contributed by atoms with Crippen molar-refractivity contribution < 1.29 is 19.0 Å². The van der Waals surface area contributed by atoms with Gasteiger partial charge in [0, 0.05) is 24.4 Å². The van der Waals surface area contributed by atoms with Gasteiger partial charge in [-0.25, -0.2) is 9.18 Å². The van der Waals surface area contributed by atoms with E-state index in [1.807, 2.05) is 0 Å². The summed E-state index contributed by atoms with van der Waals surface area (Å²) in [6.07, 6.45) is 3.28. The molecule has 1 aliphatic rings. The number of urea groups is 1. The van der Waals surface area contributed by atoms with Crippen molar-refractivity contribution in [3.05, 3.63) is 24.0 Å². The summed E-state index contributed by atoms with van der Waals surface area (Å²) in [5.74, 6) is 0.169. The number of benzene rings is 1. The molecule has 0 radical (unpaired) electrons. The summed E-state index contributed by atoms with van der Waals surface area (Å²) in [6.45, 7) is 0.509. The number of anilines is 1. The molecule has 5 nitrogen and oxygen atoms in total. The third kappa shape index (κ3) is 4.90. The standard InChI is InChI=1S/C15H21FN2O3/c1-21-14-7-11(16)6-12(8-14)18-15(20)17-9-10-3-2-4-13(19)5-10/h6-8,10,13,19H,2-5,9H2,1H3,(H2,17,18,20). The van der Waals surface area contributed by atoms with Crippen LogP contribution in [0.1, 0.15) is 25.7 Å². The van der Waals surface area contributed by atoms with E-state index in [9.17, 15) is 14.3 Å². The molecule has 1 saturated carbocycles. The summed E-state index contributed by atoms with van der Waals surface area (Å²) in [6, 6.07) is 3.63. The van der Waals surface area contributed by atoms with Crippen molar-refractivity contribution in [3.63, 3.8) is 0 Å². The summed E-state index contributed by atoms with van der Waals surface area (Å²) < 4.78 is 18.2. The Bertz CT molecular complexity index is 496. The number of amides is 2. The number of halogens is 1. The van der Waals surface area contributed by atoms with E-state index in [0.29, 0.717) is 30.3 Å². The Morgan fingerprint density at radius 1 is 1.43 bits per heavy atom. The molecular formula is C15H21FN2O3. The highest BCUT2D eigenvalue weighted by Crippen LogP contribution is 2.23. The van der Waals surface area contributed by atoms with E-state index >= 15 is 0 Å². The van der Waals surface area contributed by atoms with Gasteiger partial charge >= 0.3 is 6.03 Å². The predicted molar refractivity (Wildman–Crippen MR) is 77.9 cm³/mol. The second-order valence-electron chi connectivity index (χ2n) is 5.40. The zero-order chi connectivity index (χ0) is 15.2. The highest BCUT2D eigenvalue weighted by molar-refractivity contribution is 5.89. The molecule has 2 atom stereocenters. The minimum Gasteiger partial charge on any atom is -0.497 e. The lowest BCUT2D eigenvalue weighted by Crippen LogP contribution is -2.35. The number of hydrogen-bond donors (Lipinski definition) is 3. The van der Waals surface area contributed by atoms with Crippen LogP contribution in [-0.2, 0) is 0 Å². The van der Waals surface area contributed by atoms with E-state index in [1.165, 1.54) is 19.2 Å².